The van der Waals surface area contributed by atoms with E-state index in [0.717, 1.165) is 53.1 Å². The van der Waals surface area contributed by atoms with E-state index in [9.17, 15) is 4.39 Å². The van der Waals surface area contributed by atoms with Crippen molar-refractivity contribution in [2.45, 2.75) is 25.8 Å². The van der Waals surface area contributed by atoms with Gasteiger partial charge < -0.3 is 5.32 Å². The van der Waals surface area contributed by atoms with Crippen LogP contribution in [0.3, 0.4) is 0 Å². The Morgan fingerprint density at radius 3 is 2.72 bits per heavy atom. The average molecular weight is 332 g/mol. The molecule has 0 saturated heterocycles. The van der Waals surface area contributed by atoms with Gasteiger partial charge in [0.15, 0.2) is 0 Å². The van der Waals surface area contributed by atoms with Crippen molar-refractivity contribution in [1.29, 1.82) is 0 Å². The summed E-state index contributed by atoms with van der Waals surface area (Å²) in [5, 5.41) is 3.56. The molecule has 0 bridgehead atoms. The summed E-state index contributed by atoms with van der Waals surface area (Å²) in [5.74, 6) is 1.59. The molecule has 1 N–H and O–H groups in total. The number of imidazole rings is 1. The number of aryl methyl sites for hydroxylation is 1. The Labute approximate surface area is 144 Å². The highest BCUT2D eigenvalue weighted by atomic mass is 19.1. The minimum Gasteiger partial charge on any atom is -0.367 e. The summed E-state index contributed by atoms with van der Waals surface area (Å²) < 4.78 is 15.2. The summed E-state index contributed by atoms with van der Waals surface area (Å²) in [4.78, 5) is 9.46. The zero-order chi connectivity index (χ0) is 16.8. The molecule has 2 aromatic heterocycles. The van der Waals surface area contributed by atoms with E-state index in [-0.39, 0.29) is 5.82 Å². The van der Waals surface area contributed by atoms with E-state index in [1.165, 1.54) is 17.7 Å². The second-order valence-electron chi connectivity index (χ2n) is 6.46. The molecule has 4 aromatic rings. The van der Waals surface area contributed by atoms with Crippen molar-refractivity contribution in [2.24, 2.45) is 0 Å². The smallest absolute Gasteiger partial charge is 0.236 e. The Kier molecular flexibility index (Phi) is 3.20. The number of nitrogens with one attached hydrogen (secondary N) is 1. The Hall–Kier alpha value is -2.95. The van der Waals surface area contributed by atoms with E-state index < -0.39 is 0 Å². The molecule has 2 heterocycles. The van der Waals surface area contributed by atoms with Crippen LogP contribution < -0.4 is 5.32 Å². The lowest BCUT2D eigenvalue weighted by atomic mass is 10.2. The third-order valence-electron chi connectivity index (χ3n) is 4.85. The predicted octanol–water partition coefficient (Wildman–Crippen LogP) is 4.12. The van der Waals surface area contributed by atoms with Crippen LogP contribution in [0.15, 0.2) is 48.5 Å². The van der Waals surface area contributed by atoms with Crippen LogP contribution in [0.5, 0.6) is 0 Å². The van der Waals surface area contributed by atoms with E-state index in [1.807, 2.05) is 30.3 Å². The lowest BCUT2D eigenvalue weighted by molar-refractivity contribution is 0.627. The Bertz CT molecular complexity index is 1080. The van der Waals surface area contributed by atoms with Crippen LogP contribution in [-0.4, -0.2) is 14.4 Å². The van der Waals surface area contributed by atoms with Crippen molar-refractivity contribution >= 4 is 22.6 Å². The van der Waals surface area contributed by atoms with Crippen molar-refractivity contribution in [1.82, 2.24) is 14.4 Å². The number of hydrogen-bond acceptors (Lipinski definition) is 3. The maximum atomic E-state index is 13.1. The fourth-order valence-electron chi connectivity index (χ4n) is 3.64. The fourth-order valence-corrected chi connectivity index (χ4v) is 3.64. The van der Waals surface area contributed by atoms with Crippen molar-refractivity contribution in [2.75, 3.05) is 5.32 Å². The van der Waals surface area contributed by atoms with Crippen LogP contribution >= 0.6 is 0 Å². The van der Waals surface area contributed by atoms with Gasteiger partial charge in [-0.1, -0.05) is 24.3 Å². The summed E-state index contributed by atoms with van der Waals surface area (Å²) >= 11 is 0. The van der Waals surface area contributed by atoms with Gasteiger partial charge in [-0.15, -0.1) is 0 Å². The summed E-state index contributed by atoms with van der Waals surface area (Å²) in [7, 11) is 0. The summed E-state index contributed by atoms with van der Waals surface area (Å²) in [6.07, 6.45) is 3.15. The van der Waals surface area contributed by atoms with Gasteiger partial charge in [0.25, 0.3) is 0 Å². The number of nitrogens with zero attached hydrogens (tertiary/aromatic N) is 3. The van der Waals surface area contributed by atoms with Crippen LogP contribution in [-0.2, 0) is 19.4 Å². The molecule has 0 aliphatic heterocycles. The van der Waals surface area contributed by atoms with Gasteiger partial charge in [0.2, 0.25) is 5.78 Å². The maximum Gasteiger partial charge on any atom is 0.236 e. The molecule has 0 fully saturated rings. The van der Waals surface area contributed by atoms with Crippen LogP contribution in [0, 0.1) is 5.82 Å². The number of fused-ring (bicyclic) bond motifs is 4. The first-order chi connectivity index (χ1) is 12.3. The molecule has 124 valence electrons. The quantitative estimate of drug-likeness (QED) is 0.613. The molecular formula is C20H17FN4. The number of hydrogen-bond donors (Lipinski definition) is 1. The molecule has 0 unspecified atom stereocenters. The molecule has 1 aliphatic carbocycles. The third kappa shape index (κ3) is 2.35. The second-order valence-corrected chi connectivity index (χ2v) is 6.46. The first kappa shape index (κ1) is 14.4. The zero-order valence-corrected chi connectivity index (χ0v) is 13.7. The molecule has 0 atom stereocenters. The molecule has 5 heteroatoms. The molecule has 4 nitrogen and oxygen atoms in total. The molecule has 1 aliphatic rings. The van der Waals surface area contributed by atoms with Gasteiger partial charge >= 0.3 is 0 Å². The summed E-state index contributed by atoms with van der Waals surface area (Å²) in [6.45, 7) is 0.637. The van der Waals surface area contributed by atoms with Gasteiger partial charge in [0, 0.05) is 12.1 Å². The molecule has 0 radical (unpaired) electrons. The number of halogens is 1. The minimum atomic E-state index is -0.212. The van der Waals surface area contributed by atoms with Crippen molar-refractivity contribution in [3.05, 3.63) is 71.2 Å². The normalized spacial score (nSPS) is 13.5. The van der Waals surface area contributed by atoms with Crippen molar-refractivity contribution in [3.8, 4) is 0 Å². The minimum absolute atomic E-state index is 0.212. The molecule has 2 aromatic carbocycles. The second kappa shape index (κ2) is 5.55. The molecular weight excluding hydrogens is 315 g/mol. The zero-order valence-electron chi connectivity index (χ0n) is 13.7. The lowest BCUT2D eigenvalue weighted by Gasteiger charge is -2.14. The van der Waals surface area contributed by atoms with E-state index >= 15 is 0 Å². The van der Waals surface area contributed by atoms with E-state index in [4.69, 9.17) is 4.98 Å². The average Bonchev–Trinajstić information content (AvgIpc) is 3.24. The summed E-state index contributed by atoms with van der Waals surface area (Å²) in [6, 6.07) is 14.7. The lowest BCUT2D eigenvalue weighted by Crippen LogP contribution is -2.09. The summed E-state index contributed by atoms with van der Waals surface area (Å²) in [5.41, 5.74) is 5.47. The van der Waals surface area contributed by atoms with Gasteiger partial charge in [0.1, 0.15) is 11.6 Å². The number of anilines is 1. The molecule has 5 rings (SSSR count). The number of para-hydroxylation sites is 2. The molecule has 0 amide bonds. The topological polar surface area (TPSA) is 42.2 Å². The standard InChI is InChI=1S/C20H17FN4/c21-14-10-8-13(9-11-14)12-22-19-15-4-3-6-16(15)23-20-24-17-5-1-2-7-18(17)25(19)20/h1-2,5,7-11,22H,3-4,6,12H2. The molecule has 25 heavy (non-hydrogen) atoms. The number of benzene rings is 2. The van der Waals surface area contributed by atoms with Gasteiger partial charge in [-0.05, 0) is 49.1 Å². The van der Waals surface area contributed by atoms with Crippen molar-refractivity contribution in [3.63, 3.8) is 0 Å². The van der Waals surface area contributed by atoms with Crippen LogP contribution in [0.2, 0.25) is 0 Å². The van der Waals surface area contributed by atoms with E-state index in [1.54, 1.807) is 0 Å². The van der Waals surface area contributed by atoms with Gasteiger partial charge in [-0.25, -0.2) is 14.4 Å². The fraction of sp³-hybridized carbons (Fsp3) is 0.200. The molecule has 0 spiro atoms. The van der Waals surface area contributed by atoms with Gasteiger partial charge in [-0.3, -0.25) is 4.40 Å². The van der Waals surface area contributed by atoms with E-state index in [2.05, 4.69) is 20.8 Å². The van der Waals surface area contributed by atoms with E-state index in [0.29, 0.717) is 6.54 Å². The van der Waals surface area contributed by atoms with Crippen LogP contribution in [0.25, 0.3) is 16.8 Å². The largest absolute Gasteiger partial charge is 0.367 e. The third-order valence-corrected chi connectivity index (χ3v) is 4.85. The first-order valence-electron chi connectivity index (χ1n) is 8.57. The van der Waals surface area contributed by atoms with Crippen LogP contribution in [0.4, 0.5) is 10.2 Å². The maximum absolute atomic E-state index is 13.1. The Morgan fingerprint density at radius 1 is 1.00 bits per heavy atom. The number of aromatic nitrogens is 3. The first-order valence-corrected chi connectivity index (χ1v) is 8.57. The van der Waals surface area contributed by atoms with Crippen LogP contribution in [0.1, 0.15) is 23.2 Å². The highest BCUT2D eigenvalue weighted by molar-refractivity contribution is 5.82. The number of rotatable bonds is 3. The van der Waals surface area contributed by atoms with Gasteiger partial charge in [0.05, 0.1) is 16.7 Å². The van der Waals surface area contributed by atoms with Gasteiger partial charge in [-0.2, -0.15) is 0 Å². The Balaban J connectivity index is 1.65. The molecule has 0 saturated carbocycles. The highest BCUT2D eigenvalue weighted by Gasteiger charge is 2.21. The SMILES string of the molecule is Fc1ccc(CNc2c3c(nc4nc5ccccc5n24)CCC3)cc1. The monoisotopic (exact) mass is 332 g/mol. The predicted molar refractivity (Wildman–Crippen MR) is 96.2 cm³/mol. The highest BCUT2D eigenvalue weighted by Crippen LogP contribution is 2.31. The van der Waals surface area contributed by atoms with Crippen molar-refractivity contribution < 1.29 is 4.39 Å². The Morgan fingerprint density at radius 2 is 1.84 bits per heavy atom.